The number of anilines is 3. The monoisotopic (exact) mass is 963 g/mol. The van der Waals surface area contributed by atoms with E-state index >= 15 is 0 Å². The highest BCUT2D eigenvalue weighted by Crippen LogP contribution is 2.33. The number of aromatic nitrogens is 3. The minimum Gasteiger partial charge on any atom is -0.393 e. The molecule has 1 atom stereocenters. The van der Waals surface area contributed by atoms with Gasteiger partial charge in [-0.05, 0) is 68.4 Å². The van der Waals surface area contributed by atoms with Gasteiger partial charge < -0.3 is 40.0 Å². The fraction of sp³-hybridized carbons (Fsp3) is 0.510. The molecule has 4 aromatic rings. The van der Waals surface area contributed by atoms with Gasteiger partial charge in [0.1, 0.15) is 11.9 Å². The maximum absolute atomic E-state index is 13.2. The molecule has 4 amide bonds. The topological polar surface area (TPSA) is 222 Å². The average molecular weight is 963 g/mol. The lowest BCUT2D eigenvalue weighted by atomic mass is 9.93. The number of carbonyl (C=O) groups is 4. The second-order valence-electron chi connectivity index (χ2n) is 18.2. The molecule has 0 spiro atoms. The number of amides is 4. The van der Waals surface area contributed by atoms with Crippen molar-refractivity contribution in [1.82, 2.24) is 35.0 Å². The van der Waals surface area contributed by atoms with Crippen molar-refractivity contribution in [2.24, 2.45) is 0 Å². The summed E-state index contributed by atoms with van der Waals surface area (Å²) in [5.74, 6) is -0.841. The van der Waals surface area contributed by atoms with Gasteiger partial charge in [-0.2, -0.15) is 4.98 Å². The van der Waals surface area contributed by atoms with Gasteiger partial charge in [0.2, 0.25) is 17.8 Å². The van der Waals surface area contributed by atoms with Crippen molar-refractivity contribution in [1.29, 1.82) is 0 Å². The Morgan fingerprint density at radius 1 is 0.700 bits per heavy atom. The Bertz CT molecular complexity index is 2370. The highest BCUT2D eigenvalue weighted by molar-refractivity contribution is 6.25. The van der Waals surface area contributed by atoms with Gasteiger partial charge in [-0.15, -0.1) is 0 Å². The van der Waals surface area contributed by atoms with Crippen LogP contribution in [0.4, 0.5) is 17.5 Å². The van der Waals surface area contributed by atoms with E-state index in [-0.39, 0.29) is 36.1 Å². The number of carbonyl (C=O) groups excluding carboxylic acids is 4. The molecule has 70 heavy (non-hydrogen) atoms. The number of aliphatic hydroxyl groups excluding tert-OH is 1. The van der Waals surface area contributed by atoms with Crippen molar-refractivity contribution >= 4 is 41.1 Å². The van der Waals surface area contributed by atoms with Crippen LogP contribution in [0.15, 0.2) is 67.0 Å². The van der Waals surface area contributed by atoms with Crippen molar-refractivity contribution in [3.63, 3.8) is 0 Å². The van der Waals surface area contributed by atoms with Crippen LogP contribution in [-0.2, 0) is 41.6 Å². The van der Waals surface area contributed by atoms with E-state index in [1.54, 1.807) is 18.2 Å². The van der Waals surface area contributed by atoms with Crippen LogP contribution in [0.3, 0.4) is 0 Å². The number of piperazine rings is 1. The van der Waals surface area contributed by atoms with Gasteiger partial charge >= 0.3 is 0 Å². The number of aliphatic hydroxyl groups is 1. The standard InChI is InChI=1S/C51H66N10O9/c1-35-5-7-36(8-6-35)31-54-51-55-33-41(47(58-51)56-38-10-12-39(62)13-11-38)42-14-9-37(32-53-42)34-60-20-18-59(19-21-60)22-24-68-26-28-70-30-29-69-27-25-67-23-17-52-43-4-2-3-40-46(43)50(66)61(49(40)65)44-15-16-45(63)57-48(44)64/h2-9,14,32-33,38-39,44,52,62H,10-13,15-31,34H2,1H3,(H,57,63,64)(H2,54,55,56,58)/t38-,39-,44?. The lowest BCUT2D eigenvalue weighted by Gasteiger charge is -2.34. The molecule has 2 saturated heterocycles. The smallest absolute Gasteiger partial charge is 0.264 e. The number of pyridine rings is 1. The molecule has 5 heterocycles. The van der Waals surface area contributed by atoms with Gasteiger partial charge in [-0.1, -0.05) is 42.0 Å². The molecule has 3 aliphatic heterocycles. The second kappa shape index (κ2) is 25.3. The number of nitrogens with one attached hydrogen (secondary N) is 4. The summed E-state index contributed by atoms with van der Waals surface area (Å²) >= 11 is 0. The summed E-state index contributed by atoms with van der Waals surface area (Å²) in [5, 5.41) is 22.5. The Hall–Kier alpha value is -5.93. The lowest BCUT2D eigenvalue weighted by molar-refractivity contribution is -0.136. The average Bonchev–Trinajstić information content (AvgIpc) is 3.62. The molecule has 374 valence electrons. The van der Waals surface area contributed by atoms with Crippen LogP contribution in [0.2, 0.25) is 0 Å². The van der Waals surface area contributed by atoms with Gasteiger partial charge in [0.05, 0.1) is 81.3 Å². The Morgan fingerprint density at radius 2 is 1.39 bits per heavy atom. The van der Waals surface area contributed by atoms with E-state index in [9.17, 15) is 24.3 Å². The fourth-order valence-corrected chi connectivity index (χ4v) is 9.05. The van der Waals surface area contributed by atoms with Crippen LogP contribution in [0, 0.1) is 6.92 Å². The van der Waals surface area contributed by atoms with Crippen molar-refractivity contribution in [3.8, 4) is 11.3 Å². The highest BCUT2D eigenvalue weighted by atomic mass is 16.6. The van der Waals surface area contributed by atoms with Gasteiger partial charge in [0.15, 0.2) is 0 Å². The number of benzene rings is 2. The maximum Gasteiger partial charge on any atom is 0.264 e. The zero-order chi connectivity index (χ0) is 48.7. The minimum atomic E-state index is -1.01. The zero-order valence-electron chi connectivity index (χ0n) is 40.0. The Balaban J connectivity index is 0.651. The molecule has 5 N–H and O–H groups in total. The van der Waals surface area contributed by atoms with Crippen LogP contribution in [0.25, 0.3) is 11.3 Å². The predicted molar refractivity (Wildman–Crippen MR) is 262 cm³/mol. The van der Waals surface area contributed by atoms with Crippen LogP contribution in [-0.4, -0.2) is 169 Å². The SMILES string of the molecule is Cc1ccc(CNc2ncc(-c3ccc(CN4CCN(CCOCCOCCOCCOCCNc5cccc6c5C(=O)N(C5CCC(=O)NC5=O)C6=O)CC4)cn3)c(N[C@H]3CC[C@H](O)CC3)n2)cc1. The van der Waals surface area contributed by atoms with Crippen LogP contribution in [0.5, 0.6) is 0 Å². The third-order valence-corrected chi connectivity index (χ3v) is 13.1. The first-order valence-electron chi connectivity index (χ1n) is 24.6. The van der Waals surface area contributed by atoms with E-state index in [2.05, 4.69) is 79.4 Å². The fourth-order valence-electron chi connectivity index (χ4n) is 9.05. The predicted octanol–water partition coefficient (Wildman–Crippen LogP) is 3.87. The van der Waals surface area contributed by atoms with E-state index in [0.29, 0.717) is 77.6 Å². The Labute approximate surface area is 409 Å². The Morgan fingerprint density at radius 3 is 2.09 bits per heavy atom. The largest absolute Gasteiger partial charge is 0.393 e. The summed E-state index contributed by atoms with van der Waals surface area (Å²) in [6, 6.07) is 16.8. The molecule has 2 aromatic heterocycles. The van der Waals surface area contributed by atoms with Gasteiger partial charge in [-0.3, -0.25) is 44.2 Å². The van der Waals surface area contributed by atoms with Crippen molar-refractivity contribution in [3.05, 3.63) is 94.8 Å². The molecule has 2 aromatic carbocycles. The molecular formula is C51H66N10O9. The summed E-state index contributed by atoms with van der Waals surface area (Å²) in [4.78, 5) is 70.5. The molecule has 1 saturated carbocycles. The summed E-state index contributed by atoms with van der Waals surface area (Å²) in [6.45, 7) is 12.3. The van der Waals surface area contributed by atoms with Gasteiger partial charge in [0.25, 0.3) is 11.8 Å². The van der Waals surface area contributed by atoms with E-state index < -0.39 is 29.7 Å². The summed E-state index contributed by atoms with van der Waals surface area (Å²) in [6.07, 6.45) is 7.08. The molecule has 19 nitrogen and oxygen atoms in total. The molecule has 8 rings (SSSR count). The number of imide groups is 2. The number of fused-ring (bicyclic) bond motifs is 1. The van der Waals surface area contributed by atoms with Crippen molar-refractivity contribution in [2.75, 3.05) is 108 Å². The van der Waals surface area contributed by atoms with Crippen molar-refractivity contribution < 1.29 is 43.2 Å². The molecule has 3 fully saturated rings. The zero-order valence-corrected chi connectivity index (χ0v) is 40.0. The van der Waals surface area contributed by atoms with E-state index in [1.165, 1.54) is 5.56 Å². The van der Waals surface area contributed by atoms with Crippen molar-refractivity contribution in [2.45, 2.75) is 76.7 Å². The first-order valence-corrected chi connectivity index (χ1v) is 24.6. The van der Waals surface area contributed by atoms with Gasteiger partial charge in [0, 0.05) is 82.9 Å². The molecule has 0 radical (unpaired) electrons. The summed E-state index contributed by atoms with van der Waals surface area (Å²) in [7, 11) is 0. The van der Waals surface area contributed by atoms with Crippen LogP contribution < -0.4 is 21.3 Å². The number of hydrogen-bond acceptors (Lipinski definition) is 17. The van der Waals surface area contributed by atoms with Crippen LogP contribution >= 0.6 is 0 Å². The highest BCUT2D eigenvalue weighted by Gasteiger charge is 2.45. The van der Waals surface area contributed by atoms with E-state index in [0.717, 1.165) is 98.1 Å². The molecule has 1 aliphatic carbocycles. The molecule has 0 bridgehead atoms. The number of nitrogens with zero attached hydrogens (tertiary/aromatic N) is 6. The van der Waals surface area contributed by atoms with Gasteiger partial charge in [-0.25, -0.2) is 4.98 Å². The third kappa shape index (κ3) is 13.9. The normalized spacial score (nSPS) is 19.9. The molecule has 19 heteroatoms. The second-order valence-corrected chi connectivity index (χ2v) is 18.2. The summed E-state index contributed by atoms with van der Waals surface area (Å²) in [5.41, 5.74) is 6.14. The lowest BCUT2D eigenvalue weighted by Crippen LogP contribution is -2.54. The first-order chi connectivity index (χ1) is 34.2. The van der Waals surface area contributed by atoms with Crippen LogP contribution in [0.1, 0.15) is 75.9 Å². The molecule has 1 unspecified atom stereocenters. The van der Waals surface area contributed by atoms with E-state index in [4.69, 9.17) is 28.9 Å². The number of rotatable bonds is 25. The maximum atomic E-state index is 13.2. The first kappa shape index (κ1) is 50.5. The number of ether oxygens (including phenoxy) is 4. The quantitative estimate of drug-likeness (QED) is 0.0470. The molecular weight excluding hydrogens is 897 g/mol. The Kier molecular flexibility index (Phi) is 18.2. The number of hydrogen-bond donors (Lipinski definition) is 5. The number of aryl methyl sites for hydroxylation is 1. The minimum absolute atomic E-state index is 0.0662. The number of piperidine rings is 1. The van der Waals surface area contributed by atoms with E-state index in [1.807, 2.05) is 12.4 Å². The third-order valence-electron chi connectivity index (χ3n) is 13.1. The summed E-state index contributed by atoms with van der Waals surface area (Å²) < 4.78 is 22.8. The molecule has 4 aliphatic rings.